The molecule has 3 rings (SSSR count). The van der Waals surface area contributed by atoms with E-state index in [9.17, 15) is 0 Å². The van der Waals surface area contributed by atoms with Crippen LogP contribution in [0.2, 0.25) is 0 Å². The van der Waals surface area contributed by atoms with Crippen LogP contribution >= 0.6 is 11.3 Å². The molecular formula is C15H14N4S. The van der Waals surface area contributed by atoms with Crippen molar-refractivity contribution >= 4 is 16.3 Å². The van der Waals surface area contributed by atoms with Crippen LogP contribution < -0.4 is 0 Å². The van der Waals surface area contributed by atoms with E-state index in [-0.39, 0.29) is 0 Å². The van der Waals surface area contributed by atoms with Gasteiger partial charge in [0.25, 0.3) is 0 Å². The number of fused-ring (bicyclic) bond motifs is 1. The minimum Gasteiger partial charge on any atom is -0.290 e. The minimum atomic E-state index is 0.349. The Morgan fingerprint density at radius 3 is 2.95 bits per heavy atom. The number of thiazole rings is 1. The molecule has 5 heteroatoms. The van der Waals surface area contributed by atoms with E-state index in [1.165, 1.54) is 5.69 Å². The fourth-order valence-corrected chi connectivity index (χ4v) is 3.38. The molecule has 3 aromatic heterocycles. The second-order valence-corrected chi connectivity index (χ2v) is 5.75. The number of nitrogens with zero attached hydrogens (tertiary/aromatic N) is 4. The molecule has 0 spiro atoms. The Hall–Kier alpha value is -2.19. The van der Waals surface area contributed by atoms with Gasteiger partial charge in [0.05, 0.1) is 23.9 Å². The van der Waals surface area contributed by atoms with Gasteiger partial charge in [0.1, 0.15) is 0 Å². The normalized spacial score (nSPS) is 11.1. The molecule has 0 radical (unpaired) electrons. The van der Waals surface area contributed by atoms with Crippen LogP contribution in [0.4, 0.5) is 0 Å². The third-order valence-electron chi connectivity index (χ3n) is 3.26. The summed E-state index contributed by atoms with van der Waals surface area (Å²) in [4.78, 5) is 9.78. The number of pyridine rings is 1. The highest BCUT2D eigenvalue weighted by Gasteiger charge is 2.18. The minimum absolute atomic E-state index is 0.349. The van der Waals surface area contributed by atoms with E-state index < -0.39 is 0 Å². The first kappa shape index (κ1) is 12.8. The summed E-state index contributed by atoms with van der Waals surface area (Å²) < 4.78 is 2.13. The largest absolute Gasteiger partial charge is 0.290 e. The van der Waals surface area contributed by atoms with Crippen molar-refractivity contribution in [2.45, 2.75) is 26.2 Å². The zero-order chi connectivity index (χ0) is 14.1. The van der Waals surface area contributed by atoms with Gasteiger partial charge in [0, 0.05) is 29.0 Å². The average molecular weight is 282 g/mol. The fraction of sp³-hybridized carbons (Fsp3) is 0.267. The predicted molar refractivity (Wildman–Crippen MR) is 79.7 cm³/mol. The van der Waals surface area contributed by atoms with Crippen molar-refractivity contribution in [1.29, 1.82) is 5.26 Å². The molecule has 0 saturated carbocycles. The molecule has 4 nitrogen and oxygen atoms in total. The summed E-state index contributed by atoms with van der Waals surface area (Å²) in [5.41, 5.74) is 4.00. The Kier molecular flexibility index (Phi) is 3.25. The summed E-state index contributed by atoms with van der Waals surface area (Å²) in [6, 6.07) is 6.12. The Morgan fingerprint density at radius 1 is 1.45 bits per heavy atom. The first-order chi connectivity index (χ1) is 9.72. The molecule has 20 heavy (non-hydrogen) atoms. The van der Waals surface area contributed by atoms with Crippen LogP contribution in [0.5, 0.6) is 0 Å². The van der Waals surface area contributed by atoms with Crippen molar-refractivity contribution < 1.29 is 0 Å². The predicted octanol–water partition coefficient (Wildman–Crippen LogP) is 3.65. The van der Waals surface area contributed by atoms with Crippen molar-refractivity contribution in [2.24, 2.45) is 0 Å². The third kappa shape index (κ3) is 1.98. The van der Waals surface area contributed by atoms with Gasteiger partial charge in [-0.25, -0.2) is 4.98 Å². The number of aromatic nitrogens is 3. The molecule has 0 unspecified atom stereocenters. The van der Waals surface area contributed by atoms with E-state index in [4.69, 9.17) is 10.2 Å². The molecule has 3 aromatic rings. The first-order valence-corrected chi connectivity index (χ1v) is 7.36. The summed E-state index contributed by atoms with van der Waals surface area (Å²) in [6.07, 6.45) is 3.88. The Bertz CT molecular complexity index is 777. The zero-order valence-corrected chi connectivity index (χ0v) is 12.2. The highest BCUT2D eigenvalue weighted by atomic mass is 32.1. The van der Waals surface area contributed by atoms with Gasteiger partial charge >= 0.3 is 0 Å². The van der Waals surface area contributed by atoms with E-state index in [0.29, 0.717) is 12.3 Å². The van der Waals surface area contributed by atoms with Crippen molar-refractivity contribution in [1.82, 2.24) is 14.4 Å². The van der Waals surface area contributed by atoms with Gasteiger partial charge < -0.3 is 0 Å². The third-order valence-corrected chi connectivity index (χ3v) is 4.10. The average Bonchev–Trinajstić information content (AvgIpc) is 3.00. The lowest BCUT2D eigenvalue weighted by atomic mass is 10.1. The monoisotopic (exact) mass is 282 g/mol. The standard InChI is InChI=1S/C15H14N4S/c1-10(2)13-9-20-15-18-14(11-4-3-7-17-8-11)12(5-6-16)19(13)15/h3-4,7-10H,5H2,1-2H3. The van der Waals surface area contributed by atoms with Gasteiger partial charge in [-0.15, -0.1) is 11.3 Å². The second kappa shape index (κ2) is 5.06. The number of imidazole rings is 1. The van der Waals surface area contributed by atoms with Crippen molar-refractivity contribution in [2.75, 3.05) is 0 Å². The van der Waals surface area contributed by atoms with Gasteiger partial charge in [-0.1, -0.05) is 13.8 Å². The maximum absolute atomic E-state index is 9.13. The lowest BCUT2D eigenvalue weighted by Crippen LogP contribution is -1.99. The topological polar surface area (TPSA) is 54.0 Å². The summed E-state index contributed by atoms with van der Waals surface area (Å²) in [5, 5.41) is 11.3. The molecule has 0 atom stereocenters. The number of nitriles is 1. The molecule has 0 aromatic carbocycles. The lowest BCUT2D eigenvalue weighted by Gasteiger charge is -2.06. The fourth-order valence-electron chi connectivity index (χ4n) is 2.31. The maximum Gasteiger partial charge on any atom is 0.194 e. The SMILES string of the molecule is CC(C)c1csc2nc(-c3cccnc3)c(CC#N)n12. The Labute approximate surface area is 121 Å². The molecule has 0 saturated heterocycles. The van der Waals surface area contributed by atoms with Crippen LogP contribution in [0, 0.1) is 11.3 Å². The van der Waals surface area contributed by atoms with Crippen LogP contribution in [0.25, 0.3) is 16.2 Å². The molecule has 0 amide bonds. The number of hydrogen-bond acceptors (Lipinski definition) is 4. The van der Waals surface area contributed by atoms with Crippen LogP contribution in [0.3, 0.4) is 0 Å². The van der Waals surface area contributed by atoms with Crippen LogP contribution in [0.1, 0.15) is 31.2 Å². The van der Waals surface area contributed by atoms with Crippen LogP contribution in [0.15, 0.2) is 29.9 Å². The zero-order valence-electron chi connectivity index (χ0n) is 11.4. The molecule has 0 aliphatic carbocycles. The van der Waals surface area contributed by atoms with E-state index in [2.05, 4.69) is 34.7 Å². The summed E-state index contributed by atoms with van der Waals surface area (Å²) >= 11 is 1.62. The second-order valence-electron chi connectivity index (χ2n) is 4.92. The molecule has 0 N–H and O–H groups in total. The molecular weight excluding hydrogens is 268 g/mol. The summed E-state index contributed by atoms with van der Waals surface area (Å²) in [7, 11) is 0. The van der Waals surface area contributed by atoms with Gasteiger partial charge in [-0.05, 0) is 18.1 Å². The van der Waals surface area contributed by atoms with Gasteiger partial charge in [-0.2, -0.15) is 5.26 Å². The first-order valence-electron chi connectivity index (χ1n) is 6.48. The molecule has 0 bridgehead atoms. The van der Waals surface area contributed by atoms with Gasteiger partial charge in [-0.3, -0.25) is 9.38 Å². The van der Waals surface area contributed by atoms with Crippen molar-refractivity contribution in [3.8, 4) is 17.3 Å². The maximum atomic E-state index is 9.13. The highest BCUT2D eigenvalue weighted by Crippen LogP contribution is 2.31. The number of rotatable bonds is 3. The summed E-state index contributed by atoms with van der Waals surface area (Å²) in [5.74, 6) is 0.400. The Balaban J connectivity index is 2.28. The van der Waals surface area contributed by atoms with E-state index in [1.807, 2.05) is 12.1 Å². The molecule has 100 valence electrons. The molecule has 3 heterocycles. The van der Waals surface area contributed by atoms with Gasteiger partial charge in [0.15, 0.2) is 4.96 Å². The Morgan fingerprint density at radius 2 is 2.30 bits per heavy atom. The van der Waals surface area contributed by atoms with Crippen molar-refractivity contribution in [3.05, 3.63) is 41.3 Å². The van der Waals surface area contributed by atoms with Gasteiger partial charge in [0.2, 0.25) is 0 Å². The quantitative estimate of drug-likeness (QED) is 0.737. The van der Waals surface area contributed by atoms with E-state index in [0.717, 1.165) is 21.9 Å². The molecule has 0 aliphatic heterocycles. The smallest absolute Gasteiger partial charge is 0.194 e. The highest BCUT2D eigenvalue weighted by molar-refractivity contribution is 7.15. The van der Waals surface area contributed by atoms with E-state index >= 15 is 0 Å². The molecule has 0 aliphatic rings. The number of hydrogen-bond donors (Lipinski definition) is 0. The van der Waals surface area contributed by atoms with E-state index in [1.54, 1.807) is 23.7 Å². The summed E-state index contributed by atoms with van der Waals surface area (Å²) in [6.45, 7) is 4.31. The van der Waals surface area contributed by atoms with Crippen LogP contribution in [-0.4, -0.2) is 14.4 Å². The lowest BCUT2D eigenvalue weighted by molar-refractivity contribution is 0.799. The van der Waals surface area contributed by atoms with Crippen LogP contribution in [-0.2, 0) is 6.42 Å². The van der Waals surface area contributed by atoms with Crippen molar-refractivity contribution in [3.63, 3.8) is 0 Å². The molecule has 0 fully saturated rings.